The number of carboxylic acid groups (broad SMARTS) is 3. The molecule has 19 heteroatoms. The van der Waals surface area contributed by atoms with Crippen LogP contribution in [-0.2, 0) is 61.5 Å². The minimum absolute atomic E-state index is 0. The van der Waals surface area contributed by atoms with Crippen LogP contribution in [0.2, 0.25) is 0 Å². The Morgan fingerprint density at radius 2 is 0.889 bits per heavy atom. The Morgan fingerprint density at radius 1 is 0.556 bits per heavy atom. The Kier molecular flexibility index (Phi) is 21.2. The van der Waals surface area contributed by atoms with Gasteiger partial charge in [-0.25, -0.2) is 0 Å². The number of nitrogens with zero attached hydrogens (tertiary/aromatic N) is 4. The van der Waals surface area contributed by atoms with Gasteiger partial charge in [0.15, 0.2) is 0 Å². The zero-order valence-electron chi connectivity index (χ0n) is 46.4. The fourth-order valence-electron chi connectivity index (χ4n) is 14.2. The van der Waals surface area contributed by atoms with Crippen molar-refractivity contribution >= 4 is 57.6 Å². The molecule has 16 rings (SSSR count). The molecule has 17 unspecified atom stereocenters. The van der Waals surface area contributed by atoms with Crippen molar-refractivity contribution in [3.63, 3.8) is 0 Å². The average Bonchev–Trinajstić information content (AvgIpc) is 4.37. The SMILES string of the molecule is C=CC1CN2CCC1CC2[C@H](O)c1ccnc2ccccc12.C=CC1CN2CCC1CC2[C@H](O)c1ccnc2ccccc12.CC.O=C(O)C1CC2CC1C(=O)O2.O=C(O)C1CC2CC1C(=O)O2.O=C(O)C1CC2CC1C(=O)O2.[CH3-].[V]. The molecule has 18 nitrogen and oxygen atoms in total. The number of esters is 3. The van der Waals surface area contributed by atoms with Gasteiger partial charge in [-0.05, 0) is 136 Å². The second-order valence-electron chi connectivity index (χ2n) is 22.5. The van der Waals surface area contributed by atoms with E-state index in [0.29, 0.717) is 62.2 Å². The average molecular weight is 1150 g/mol. The molecule has 12 aliphatic rings. The number of aliphatic hydroxyl groups is 2. The van der Waals surface area contributed by atoms with Gasteiger partial charge in [0, 0.05) is 66.9 Å². The van der Waals surface area contributed by atoms with Crippen LogP contribution in [0.25, 0.3) is 21.8 Å². The Labute approximate surface area is 485 Å². The van der Waals surface area contributed by atoms with Crippen LogP contribution in [-0.4, -0.2) is 138 Å². The molecular weight excluding hydrogens is 1080 g/mol. The molecule has 1 radical (unpaired) electrons. The van der Waals surface area contributed by atoms with Gasteiger partial charge in [-0.3, -0.25) is 48.5 Å². The van der Waals surface area contributed by atoms with Gasteiger partial charge in [-0.1, -0.05) is 62.4 Å². The number of rotatable bonds is 9. The van der Waals surface area contributed by atoms with Gasteiger partial charge in [0.2, 0.25) is 0 Å². The van der Waals surface area contributed by atoms with Crippen molar-refractivity contribution in [2.45, 2.75) is 121 Å². The molecule has 3 saturated carbocycles. The minimum atomic E-state index is -0.867. The van der Waals surface area contributed by atoms with Crippen LogP contribution in [0.5, 0.6) is 0 Å². The Balaban J connectivity index is 0.000000149. The van der Waals surface area contributed by atoms with Crippen LogP contribution >= 0.6 is 0 Å². The van der Waals surface area contributed by atoms with Gasteiger partial charge in [0.25, 0.3) is 0 Å². The maximum atomic E-state index is 11.0. The van der Waals surface area contributed by atoms with Crippen LogP contribution in [0.3, 0.4) is 0 Å². The zero-order chi connectivity index (χ0) is 56.2. The largest absolute Gasteiger partial charge is 0.481 e. The summed E-state index contributed by atoms with van der Waals surface area (Å²) in [5.74, 6) is -3.59. The molecule has 2 aromatic carbocycles. The van der Waals surface area contributed by atoms with Crippen LogP contribution in [0, 0.1) is 66.6 Å². The summed E-state index contributed by atoms with van der Waals surface area (Å²) in [5, 5.41) is 50.1. The molecule has 4 aromatic rings. The maximum absolute atomic E-state index is 11.0. The number of hydrogen-bond donors (Lipinski definition) is 5. The van der Waals surface area contributed by atoms with E-state index in [0.717, 1.165) is 72.0 Å². The molecule has 12 fully saturated rings. The summed E-state index contributed by atoms with van der Waals surface area (Å²) in [5.41, 5.74) is 3.94. The molecule has 9 aliphatic heterocycles. The van der Waals surface area contributed by atoms with E-state index in [1.165, 1.54) is 12.8 Å². The Hall–Kier alpha value is -6.02. The number of carbonyl (C=O) groups is 6. The van der Waals surface area contributed by atoms with Crippen molar-refractivity contribution in [1.29, 1.82) is 0 Å². The molecule has 19 atom stereocenters. The van der Waals surface area contributed by atoms with Gasteiger partial charge in [-0.15, -0.1) is 13.2 Å². The van der Waals surface area contributed by atoms with E-state index >= 15 is 0 Å². The number of carboxylic acids is 3. The van der Waals surface area contributed by atoms with Crippen molar-refractivity contribution in [3.8, 4) is 0 Å². The van der Waals surface area contributed by atoms with E-state index in [4.69, 9.17) is 29.5 Å². The maximum Gasteiger partial charge on any atom is 0.310 e. The third-order valence-electron chi connectivity index (χ3n) is 18.3. The normalized spacial score (nSPS) is 34.1. The number of ether oxygens (including phenoxy) is 3. The number of fused-ring (bicyclic) bond motifs is 14. The number of aliphatic carboxylic acids is 3. The first-order chi connectivity index (χ1) is 38.1. The van der Waals surface area contributed by atoms with E-state index in [2.05, 4.69) is 57.2 Å². The van der Waals surface area contributed by atoms with Gasteiger partial charge in [0.1, 0.15) is 18.3 Å². The topological polar surface area (TPSA) is 264 Å². The first kappa shape index (κ1) is 62.6. The molecular formula is C62H77N4O14V-. The summed E-state index contributed by atoms with van der Waals surface area (Å²) >= 11 is 0. The number of aromatic nitrogens is 2. The van der Waals surface area contributed by atoms with E-state index in [-0.39, 0.29) is 92.0 Å². The summed E-state index contributed by atoms with van der Waals surface area (Å²) in [7, 11) is 0. The van der Waals surface area contributed by atoms with Gasteiger partial charge in [-0.2, -0.15) is 0 Å². The van der Waals surface area contributed by atoms with E-state index < -0.39 is 47.9 Å². The fraction of sp³-hybridized carbons (Fsp3) is 0.532. The monoisotopic (exact) mass is 1150 g/mol. The second-order valence-corrected chi connectivity index (χ2v) is 22.5. The predicted octanol–water partition coefficient (Wildman–Crippen LogP) is 7.87. The summed E-state index contributed by atoms with van der Waals surface area (Å²) in [4.78, 5) is 77.9. The van der Waals surface area contributed by atoms with Crippen LogP contribution in [0.4, 0.5) is 0 Å². The second kappa shape index (κ2) is 27.4. The molecule has 0 amide bonds. The molecule has 5 N–H and O–H groups in total. The van der Waals surface area contributed by atoms with E-state index in [9.17, 15) is 39.0 Å². The Bertz CT molecular complexity index is 2680. The third kappa shape index (κ3) is 13.3. The summed E-state index contributed by atoms with van der Waals surface area (Å²) in [6.07, 6.45) is 14.5. The fourth-order valence-corrected chi connectivity index (χ4v) is 14.2. The number of carbonyl (C=O) groups excluding carboxylic acids is 3. The van der Waals surface area contributed by atoms with Crippen LogP contribution in [0.1, 0.15) is 101 Å². The van der Waals surface area contributed by atoms with Gasteiger partial charge < -0.3 is 47.2 Å². The number of benzene rings is 2. The van der Waals surface area contributed by atoms with Crippen molar-refractivity contribution in [2.75, 3.05) is 26.2 Å². The standard InChI is InChI=1S/2C19H22N2O.3C7H8O4.C2H6.CH3.V/c2*1-2-13-12-21-10-8-14(13)11-18(21)19(22)16-7-9-20-17-6-4-3-5-15(16)17;3*8-6(9)4-1-3-2-5(4)7(10)11-3;1-2;;/h2*2-7,9,13-14,18-19,22H,1,8,10-12H2;3*3-5H,1-2H2,(H,8,9);1-2H3;1H3;/q;;;;;;-1;/t2*13?,14?,18?,19-;;;;;;/m11....../s1. The molecule has 3 aliphatic carbocycles. The molecule has 11 heterocycles. The van der Waals surface area contributed by atoms with Crippen LogP contribution < -0.4 is 0 Å². The molecule has 9 saturated heterocycles. The van der Waals surface area contributed by atoms with Crippen molar-refractivity contribution < 1.29 is 87.1 Å². The molecule has 435 valence electrons. The number of para-hydroxylation sites is 2. The van der Waals surface area contributed by atoms with Gasteiger partial charge >= 0.3 is 35.8 Å². The van der Waals surface area contributed by atoms with Gasteiger partial charge in [0.05, 0.1) is 58.7 Å². The first-order valence-electron chi connectivity index (χ1n) is 28.2. The van der Waals surface area contributed by atoms with Crippen molar-refractivity contribution in [1.82, 2.24) is 19.8 Å². The molecule has 81 heavy (non-hydrogen) atoms. The molecule has 10 bridgehead atoms. The quantitative estimate of drug-likeness (QED) is 0.0462. The smallest absolute Gasteiger partial charge is 0.310 e. The van der Waals surface area contributed by atoms with Crippen LogP contribution in [0.15, 0.2) is 98.4 Å². The molecule has 0 spiro atoms. The number of aliphatic hydroxyl groups excluding tert-OH is 2. The van der Waals surface area contributed by atoms with Crippen molar-refractivity contribution in [2.24, 2.45) is 59.2 Å². The summed E-state index contributed by atoms with van der Waals surface area (Å²) < 4.78 is 14.5. The number of piperidine rings is 6. The summed E-state index contributed by atoms with van der Waals surface area (Å²) in [6, 6.07) is 20.5. The Morgan fingerprint density at radius 3 is 1.15 bits per heavy atom. The molecule has 2 aromatic heterocycles. The summed E-state index contributed by atoms with van der Waals surface area (Å²) in [6.45, 7) is 16.2. The zero-order valence-corrected chi connectivity index (χ0v) is 47.8. The third-order valence-corrected chi connectivity index (χ3v) is 18.3. The number of hydrogen-bond acceptors (Lipinski definition) is 15. The predicted molar refractivity (Wildman–Crippen MR) is 296 cm³/mol. The van der Waals surface area contributed by atoms with Crippen molar-refractivity contribution in [3.05, 3.63) is 117 Å². The first-order valence-corrected chi connectivity index (χ1v) is 28.2. The van der Waals surface area contributed by atoms with E-state index in [1.54, 1.807) is 0 Å². The minimum Gasteiger partial charge on any atom is -0.481 e. The van der Waals surface area contributed by atoms with E-state index in [1.807, 2.05) is 74.8 Å². The number of pyridine rings is 2.